The topological polar surface area (TPSA) is 63.9 Å². The molecule has 116 valence electrons. The average molecular weight is 299 g/mol. The lowest BCUT2D eigenvalue weighted by Gasteiger charge is -2.34. The summed E-state index contributed by atoms with van der Waals surface area (Å²) in [5.74, 6) is 2.56. The SMILES string of the molecule is Cc1nccn1-c1ccc(C(=O)N2CC(C)CC(C)C2)nn1. The van der Waals surface area contributed by atoms with Crippen LogP contribution in [0.2, 0.25) is 0 Å². The zero-order valence-corrected chi connectivity index (χ0v) is 13.2. The number of amides is 1. The van der Waals surface area contributed by atoms with E-state index in [1.54, 1.807) is 12.3 Å². The fourth-order valence-corrected chi connectivity index (χ4v) is 3.18. The van der Waals surface area contributed by atoms with Crippen molar-refractivity contribution in [3.63, 3.8) is 0 Å². The number of piperidine rings is 1. The van der Waals surface area contributed by atoms with Gasteiger partial charge in [-0.1, -0.05) is 13.8 Å². The number of imidazole rings is 1. The largest absolute Gasteiger partial charge is 0.337 e. The third kappa shape index (κ3) is 2.86. The summed E-state index contributed by atoms with van der Waals surface area (Å²) in [6, 6.07) is 3.56. The molecule has 2 aromatic rings. The van der Waals surface area contributed by atoms with Crippen LogP contribution in [-0.4, -0.2) is 43.6 Å². The number of carbonyl (C=O) groups excluding carboxylic acids is 1. The smallest absolute Gasteiger partial charge is 0.274 e. The molecule has 3 rings (SSSR count). The molecule has 0 radical (unpaired) electrons. The number of aromatic nitrogens is 4. The lowest BCUT2D eigenvalue weighted by atomic mass is 9.92. The third-order valence-corrected chi connectivity index (χ3v) is 4.10. The highest BCUT2D eigenvalue weighted by Crippen LogP contribution is 2.22. The number of rotatable bonds is 2. The van der Waals surface area contributed by atoms with Crippen LogP contribution in [0.1, 0.15) is 36.6 Å². The molecule has 2 atom stereocenters. The first kappa shape index (κ1) is 14.7. The number of hydrogen-bond acceptors (Lipinski definition) is 4. The Kier molecular flexibility index (Phi) is 3.92. The molecule has 0 aromatic carbocycles. The van der Waals surface area contributed by atoms with E-state index in [0.717, 1.165) is 18.9 Å². The summed E-state index contributed by atoms with van der Waals surface area (Å²) in [4.78, 5) is 18.6. The molecule has 3 heterocycles. The monoisotopic (exact) mass is 299 g/mol. The van der Waals surface area contributed by atoms with Crippen LogP contribution < -0.4 is 0 Å². The molecule has 0 spiro atoms. The van der Waals surface area contributed by atoms with Crippen molar-refractivity contribution in [2.45, 2.75) is 27.2 Å². The van der Waals surface area contributed by atoms with Gasteiger partial charge in [0, 0.05) is 25.5 Å². The standard InChI is InChI=1S/C16H21N5O/c1-11-8-12(2)10-20(9-11)16(22)14-4-5-15(19-18-14)21-7-6-17-13(21)3/h4-7,11-12H,8-10H2,1-3H3. The predicted molar refractivity (Wildman–Crippen MR) is 82.7 cm³/mol. The van der Waals surface area contributed by atoms with Crippen LogP contribution in [0.5, 0.6) is 0 Å². The maximum atomic E-state index is 12.6. The van der Waals surface area contributed by atoms with Crippen molar-refractivity contribution in [2.75, 3.05) is 13.1 Å². The number of aryl methyl sites for hydroxylation is 1. The Balaban J connectivity index is 1.78. The molecule has 2 aromatic heterocycles. The average Bonchev–Trinajstić information content (AvgIpc) is 2.92. The molecule has 2 unspecified atom stereocenters. The second-order valence-electron chi connectivity index (χ2n) is 6.28. The number of nitrogens with zero attached hydrogens (tertiary/aromatic N) is 5. The fraction of sp³-hybridized carbons (Fsp3) is 0.500. The molecule has 6 heteroatoms. The summed E-state index contributed by atoms with van der Waals surface area (Å²) < 4.78 is 1.84. The Morgan fingerprint density at radius 1 is 1.18 bits per heavy atom. The first-order chi connectivity index (χ1) is 10.5. The molecular weight excluding hydrogens is 278 g/mol. The molecule has 1 aliphatic heterocycles. The summed E-state index contributed by atoms with van der Waals surface area (Å²) in [7, 11) is 0. The van der Waals surface area contributed by atoms with Crippen molar-refractivity contribution in [3.05, 3.63) is 36.0 Å². The van der Waals surface area contributed by atoms with Crippen LogP contribution in [0.25, 0.3) is 5.82 Å². The van der Waals surface area contributed by atoms with Gasteiger partial charge in [0.1, 0.15) is 5.82 Å². The molecule has 1 fully saturated rings. The summed E-state index contributed by atoms with van der Waals surface area (Å²) >= 11 is 0. The van der Waals surface area contributed by atoms with Gasteiger partial charge in [0.25, 0.3) is 5.91 Å². The Morgan fingerprint density at radius 3 is 2.45 bits per heavy atom. The molecule has 1 aliphatic rings. The third-order valence-electron chi connectivity index (χ3n) is 4.10. The van der Waals surface area contributed by atoms with Gasteiger partial charge < -0.3 is 4.90 Å². The lowest BCUT2D eigenvalue weighted by Crippen LogP contribution is -2.42. The summed E-state index contributed by atoms with van der Waals surface area (Å²) in [6.07, 6.45) is 4.72. The molecule has 0 saturated carbocycles. The second kappa shape index (κ2) is 5.87. The maximum absolute atomic E-state index is 12.6. The van der Waals surface area contributed by atoms with E-state index in [1.165, 1.54) is 6.42 Å². The van der Waals surface area contributed by atoms with Crippen LogP contribution >= 0.6 is 0 Å². The van der Waals surface area contributed by atoms with Crippen molar-refractivity contribution < 1.29 is 4.79 Å². The highest BCUT2D eigenvalue weighted by Gasteiger charge is 2.27. The number of carbonyl (C=O) groups is 1. The van der Waals surface area contributed by atoms with Crippen LogP contribution in [-0.2, 0) is 0 Å². The van der Waals surface area contributed by atoms with Crippen LogP contribution in [0.15, 0.2) is 24.5 Å². The van der Waals surface area contributed by atoms with Crippen molar-refractivity contribution in [1.82, 2.24) is 24.6 Å². The van der Waals surface area contributed by atoms with Gasteiger partial charge in [-0.15, -0.1) is 10.2 Å². The van der Waals surface area contributed by atoms with E-state index in [1.807, 2.05) is 28.7 Å². The van der Waals surface area contributed by atoms with Gasteiger partial charge >= 0.3 is 0 Å². The summed E-state index contributed by atoms with van der Waals surface area (Å²) in [6.45, 7) is 7.87. The zero-order valence-electron chi connectivity index (χ0n) is 13.2. The van der Waals surface area contributed by atoms with E-state index in [0.29, 0.717) is 23.3 Å². The molecule has 0 aliphatic carbocycles. The van der Waals surface area contributed by atoms with Gasteiger partial charge in [0.15, 0.2) is 11.5 Å². The minimum atomic E-state index is -0.0280. The lowest BCUT2D eigenvalue weighted by molar-refractivity contribution is 0.0616. The first-order valence-corrected chi connectivity index (χ1v) is 7.68. The second-order valence-corrected chi connectivity index (χ2v) is 6.28. The van der Waals surface area contributed by atoms with Gasteiger partial charge in [-0.05, 0) is 37.3 Å². The van der Waals surface area contributed by atoms with Gasteiger partial charge in [-0.3, -0.25) is 9.36 Å². The van der Waals surface area contributed by atoms with Crippen molar-refractivity contribution in [3.8, 4) is 5.82 Å². The van der Waals surface area contributed by atoms with Gasteiger partial charge in [0.2, 0.25) is 0 Å². The molecule has 22 heavy (non-hydrogen) atoms. The molecule has 1 amide bonds. The van der Waals surface area contributed by atoms with Gasteiger partial charge in [-0.2, -0.15) is 0 Å². The predicted octanol–water partition coefficient (Wildman–Crippen LogP) is 2.09. The van der Waals surface area contributed by atoms with Crippen LogP contribution in [0.3, 0.4) is 0 Å². The number of likely N-dealkylation sites (tertiary alicyclic amines) is 1. The van der Waals surface area contributed by atoms with Gasteiger partial charge in [0.05, 0.1) is 0 Å². The van der Waals surface area contributed by atoms with E-state index >= 15 is 0 Å². The van der Waals surface area contributed by atoms with E-state index in [-0.39, 0.29) is 5.91 Å². The minimum Gasteiger partial charge on any atom is -0.337 e. The highest BCUT2D eigenvalue weighted by molar-refractivity contribution is 5.92. The highest BCUT2D eigenvalue weighted by atomic mass is 16.2. The van der Waals surface area contributed by atoms with Crippen LogP contribution in [0.4, 0.5) is 0 Å². The van der Waals surface area contributed by atoms with E-state index in [4.69, 9.17) is 0 Å². The first-order valence-electron chi connectivity index (χ1n) is 7.68. The summed E-state index contributed by atoms with van der Waals surface area (Å²) in [5.41, 5.74) is 0.405. The normalized spacial score (nSPS) is 21.9. The molecule has 0 bridgehead atoms. The van der Waals surface area contributed by atoms with Gasteiger partial charge in [-0.25, -0.2) is 4.98 Å². The Morgan fingerprint density at radius 2 is 1.91 bits per heavy atom. The molecule has 1 saturated heterocycles. The van der Waals surface area contributed by atoms with E-state index in [2.05, 4.69) is 29.0 Å². The molecular formula is C16H21N5O. The fourth-order valence-electron chi connectivity index (χ4n) is 3.18. The Hall–Kier alpha value is -2.24. The van der Waals surface area contributed by atoms with Crippen molar-refractivity contribution in [2.24, 2.45) is 11.8 Å². The minimum absolute atomic E-state index is 0.0280. The zero-order chi connectivity index (χ0) is 15.7. The maximum Gasteiger partial charge on any atom is 0.274 e. The quantitative estimate of drug-likeness (QED) is 0.852. The van der Waals surface area contributed by atoms with Crippen molar-refractivity contribution >= 4 is 5.91 Å². The van der Waals surface area contributed by atoms with Crippen LogP contribution in [0, 0.1) is 18.8 Å². The number of hydrogen-bond donors (Lipinski definition) is 0. The molecule has 0 N–H and O–H groups in total. The summed E-state index contributed by atoms with van der Waals surface area (Å²) in [5, 5.41) is 8.27. The van der Waals surface area contributed by atoms with Crippen molar-refractivity contribution in [1.29, 1.82) is 0 Å². The Labute approximate surface area is 130 Å². The Bertz CT molecular complexity index is 653. The van der Waals surface area contributed by atoms with E-state index in [9.17, 15) is 4.79 Å². The molecule has 6 nitrogen and oxygen atoms in total. The van der Waals surface area contributed by atoms with E-state index < -0.39 is 0 Å².